The first-order valence-corrected chi connectivity index (χ1v) is 5.34. The minimum atomic E-state index is -0.854. The summed E-state index contributed by atoms with van der Waals surface area (Å²) >= 11 is 0. The van der Waals surface area contributed by atoms with Crippen LogP contribution in [0.3, 0.4) is 0 Å². The Morgan fingerprint density at radius 2 is 2.12 bits per heavy atom. The summed E-state index contributed by atoms with van der Waals surface area (Å²) in [5, 5.41) is 17.7. The molecule has 1 aliphatic rings. The van der Waals surface area contributed by atoms with Gasteiger partial charge in [0.2, 0.25) is 0 Å². The Kier molecular flexibility index (Phi) is 4.12. The summed E-state index contributed by atoms with van der Waals surface area (Å²) in [6.07, 6.45) is 0.495. The van der Waals surface area contributed by atoms with Gasteiger partial charge in [0.25, 0.3) is 0 Å². The molecule has 2 amide bonds. The number of carboxylic acid groups (broad SMARTS) is 1. The molecule has 6 nitrogen and oxygen atoms in total. The Balaban J connectivity index is 2.62. The topological polar surface area (TPSA) is 81.1 Å². The fraction of sp³-hybridized carbons (Fsp3) is 0.800. The maximum atomic E-state index is 11.9. The van der Waals surface area contributed by atoms with Crippen LogP contribution in [0.1, 0.15) is 13.3 Å². The van der Waals surface area contributed by atoms with Crippen molar-refractivity contribution in [2.75, 3.05) is 26.7 Å². The third-order valence-corrected chi connectivity index (χ3v) is 3.08. The third-order valence-electron chi connectivity index (χ3n) is 3.08. The highest BCUT2D eigenvalue weighted by atomic mass is 16.4. The van der Waals surface area contributed by atoms with Gasteiger partial charge in [-0.05, 0) is 13.3 Å². The standard InChI is InChI=1S/C10H18N2O4/c1-7-8(9(14)15)3-4-12(7)10(16)11(2)5-6-13/h7-8,13H,3-6H2,1-2H3,(H,14,15). The average molecular weight is 230 g/mol. The first-order chi connectivity index (χ1) is 7.49. The molecule has 1 heterocycles. The molecule has 1 rings (SSSR count). The van der Waals surface area contributed by atoms with Crippen LogP contribution in [0.5, 0.6) is 0 Å². The maximum Gasteiger partial charge on any atom is 0.320 e. The Labute approximate surface area is 94.4 Å². The smallest absolute Gasteiger partial charge is 0.320 e. The van der Waals surface area contributed by atoms with Gasteiger partial charge in [-0.3, -0.25) is 4.79 Å². The van der Waals surface area contributed by atoms with Crippen LogP contribution in [-0.2, 0) is 4.79 Å². The molecule has 1 saturated heterocycles. The number of likely N-dealkylation sites (N-methyl/N-ethyl adjacent to an activating group) is 1. The third kappa shape index (κ3) is 2.44. The molecule has 92 valence electrons. The second-order valence-electron chi connectivity index (χ2n) is 4.10. The van der Waals surface area contributed by atoms with Crippen molar-refractivity contribution in [1.82, 2.24) is 9.80 Å². The normalized spacial score (nSPS) is 24.6. The summed E-state index contributed by atoms with van der Waals surface area (Å²) in [5.74, 6) is -1.33. The van der Waals surface area contributed by atoms with E-state index >= 15 is 0 Å². The summed E-state index contributed by atoms with van der Waals surface area (Å²) in [6.45, 7) is 2.38. The zero-order valence-corrected chi connectivity index (χ0v) is 9.59. The van der Waals surface area contributed by atoms with Gasteiger partial charge >= 0.3 is 12.0 Å². The fourth-order valence-corrected chi connectivity index (χ4v) is 2.00. The van der Waals surface area contributed by atoms with E-state index < -0.39 is 11.9 Å². The zero-order valence-electron chi connectivity index (χ0n) is 9.59. The molecule has 1 fully saturated rings. The molecule has 2 atom stereocenters. The van der Waals surface area contributed by atoms with Crippen molar-refractivity contribution in [1.29, 1.82) is 0 Å². The second kappa shape index (κ2) is 5.16. The van der Waals surface area contributed by atoms with Crippen LogP contribution in [0, 0.1) is 5.92 Å². The van der Waals surface area contributed by atoms with E-state index in [2.05, 4.69) is 0 Å². The van der Waals surface area contributed by atoms with Gasteiger partial charge in [-0.1, -0.05) is 0 Å². The molecule has 2 unspecified atom stereocenters. The number of nitrogens with zero attached hydrogens (tertiary/aromatic N) is 2. The maximum absolute atomic E-state index is 11.9. The lowest BCUT2D eigenvalue weighted by molar-refractivity contribution is -0.142. The molecule has 6 heteroatoms. The summed E-state index contributed by atoms with van der Waals surface area (Å²) in [6, 6.07) is -0.503. The lowest BCUT2D eigenvalue weighted by Gasteiger charge is -2.28. The Morgan fingerprint density at radius 1 is 1.50 bits per heavy atom. The SMILES string of the molecule is CC1C(C(=O)O)CCN1C(=O)N(C)CCO. The molecule has 1 aliphatic heterocycles. The van der Waals surface area contributed by atoms with Crippen molar-refractivity contribution in [3.8, 4) is 0 Å². The predicted molar refractivity (Wildman–Crippen MR) is 57.0 cm³/mol. The first kappa shape index (κ1) is 12.8. The fourth-order valence-electron chi connectivity index (χ4n) is 2.00. The Morgan fingerprint density at radius 3 is 2.56 bits per heavy atom. The van der Waals surface area contributed by atoms with Crippen molar-refractivity contribution < 1.29 is 19.8 Å². The molecule has 0 spiro atoms. The van der Waals surface area contributed by atoms with E-state index in [-0.39, 0.29) is 25.2 Å². The number of hydrogen-bond acceptors (Lipinski definition) is 3. The van der Waals surface area contributed by atoms with Gasteiger partial charge in [0.05, 0.1) is 12.5 Å². The van der Waals surface area contributed by atoms with Gasteiger partial charge in [-0.15, -0.1) is 0 Å². The van der Waals surface area contributed by atoms with Crippen LogP contribution in [0.2, 0.25) is 0 Å². The van der Waals surface area contributed by atoms with Crippen LogP contribution >= 0.6 is 0 Å². The van der Waals surface area contributed by atoms with E-state index in [1.807, 2.05) is 0 Å². The molecule has 0 aromatic heterocycles. The van der Waals surface area contributed by atoms with E-state index in [0.29, 0.717) is 13.0 Å². The van der Waals surface area contributed by atoms with Crippen molar-refractivity contribution in [3.05, 3.63) is 0 Å². The zero-order chi connectivity index (χ0) is 12.3. The van der Waals surface area contributed by atoms with E-state index in [1.165, 1.54) is 4.90 Å². The molecular weight excluding hydrogens is 212 g/mol. The van der Waals surface area contributed by atoms with Crippen molar-refractivity contribution in [2.45, 2.75) is 19.4 Å². The number of carbonyl (C=O) groups excluding carboxylic acids is 1. The van der Waals surface area contributed by atoms with E-state index in [9.17, 15) is 9.59 Å². The molecule has 0 aromatic rings. The number of amides is 2. The van der Waals surface area contributed by atoms with Crippen LogP contribution in [0.15, 0.2) is 0 Å². The number of rotatable bonds is 3. The van der Waals surface area contributed by atoms with Crippen LogP contribution in [-0.4, -0.2) is 64.8 Å². The summed E-state index contributed by atoms with van der Waals surface area (Å²) in [5.41, 5.74) is 0. The number of hydrogen-bond donors (Lipinski definition) is 2. The highest BCUT2D eigenvalue weighted by Crippen LogP contribution is 2.25. The quantitative estimate of drug-likeness (QED) is 0.705. The number of likely N-dealkylation sites (tertiary alicyclic amines) is 1. The number of aliphatic carboxylic acids is 1. The second-order valence-corrected chi connectivity index (χ2v) is 4.10. The van der Waals surface area contributed by atoms with Crippen molar-refractivity contribution in [2.24, 2.45) is 5.92 Å². The monoisotopic (exact) mass is 230 g/mol. The van der Waals surface area contributed by atoms with Crippen LogP contribution in [0.25, 0.3) is 0 Å². The summed E-state index contributed by atoms with van der Waals surface area (Å²) < 4.78 is 0. The number of aliphatic hydroxyl groups excluding tert-OH is 1. The highest BCUT2D eigenvalue weighted by molar-refractivity contribution is 5.78. The first-order valence-electron chi connectivity index (χ1n) is 5.34. The molecule has 2 N–H and O–H groups in total. The van der Waals surface area contributed by atoms with Gasteiger partial charge in [-0.2, -0.15) is 0 Å². The molecule has 0 radical (unpaired) electrons. The molecule has 16 heavy (non-hydrogen) atoms. The average Bonchev–Trinajstić information content (AvgIpc) is 2.59. The molecule has 0 saturated carbocycles. The summed E-state index contributed by atoms with van der Waals surface area (Å²) in [7, 11) is 1.60. The van der Waals surface area contributed by atoms with Crippen LogP contribution in [0.4, 0.5) is 4.79 Å². The predicted octanol–water partition coefficient (Wildman–Crippen LogP) is -0.175. The molecular formula is C10H18N2O4. The highest BCUT2D eigenvalue weighted by Gasteiger charge is 2.38. The van der Waals surface area contributed by atoms with E-state index in [1.54, 1.807) is 18.9 Å². The van der Waals surface area contributed by atoms with Gasteiger partial charge in [0.1, 0.15) is 0 Å². The number of carbonyl (C=O) groups is 2. The largest absolute Gasteiger partial charge is 0.481 e. The minimum Gasteiger partial charge on any atom is -0.481 e. The summed E-state index contributed by atoms with van der Waals surface area (Å²) in [4.78, 5) is 25.7. The van der Waals surface area contributed by atoms with Crippen LogP contribution < -0.4 is 0 Å². The molecule has 0 bridgehead atoms. The lowest BCUT2D eigenvalue weighted by atomic mass is 10.0. The molecule has 0 aromatic carbocycles. The number of carboxylic acids is 1. The van der Waals surface area contributed by atoms with E-state index in [0.717, 1.165) is 0 Å². The molecule has 0 aliphatic carbocycles. The van der Waals surface area contributed by atoms with E-state index in [4.69, 9.17) is 10.2 Å². The lowest BCUT2D eigenvalue weighted by Crippen LogP contribution is -2.45. The van der Waals surface area contributed by atoms with Crippen molar-refractivity contribution in [3.63, 3.8) is 0 Å². The van der Waals surface area contributed by atoms with Crippen molar-refractivity contribution >= 4 is 12.0 Å². The van der Waals surface area contributed by atoms with Gasteiger partial charge < -0.3 is 20.0 Å². The minimum absolute atomic E-state index is 0.0905. The van der Waals surface area contributed by atoms with Gasteiger partial charge in [-0.25, -0.2) is 4.79 Å². The Hall–Kier alpha value is -1.30. The van der Waals surface area contributed by atoms with Gasteiger partial charge in [0.15, 0.2) is 0 Å². The van der Waals surface area contributed by atoms with Gasteiger partial charge in [0, 0.05) is 26.2 Å². The Bertz CT molecular complexity index is 282. The number of aliphatic hydroxyl groups is 1. The number of urea groups is 1.